The summed E-state index contributed by atoms with van der Waals surface area (Å²) >= 11 is 3.37. The van der Waals surface area contributed by atoms with E-state index in [4.69, 9.17) is 4.74 Å². The molecule has 0 atom stereocenters. The summed E-state index contributed by atoms with van der Waals surface area (Å²) in [7, 11) is 0. The molecule has 1 saturated carbocycles. The van der Waals surface area contributed by atoms with Crippen LogP contribution in [0.2, 0.25) is 0 Å². The van der Waals surface area contributed by atoms with Gasteiger partial charge in [-0.2, -0.15) is 0 Å². The summed E-state index contributed by atoms with van der Waals surface area (Å²) in [5, 5.41) is 0. The fourth-order valence-corrected chi connectivity index (χ4v) is 1.47. The van der Waals surface area contributed by atoms with Crippen LogP contribution in [0.15, 0.2) is 16.7 Å². The molecule has 2 nitrogen and oxygen atoms in total. The minimum absolute atomic E-state index is 0.436. The topological polar surface area (TPSA) is 22.1 Å². The van der Waals surface area contributed by atoms with Gasteiger partial charge in [-0.3, -0.25) is 0 Å². The Morgan fingerprint density at radius 1 is 1.50 bits per heavy atom. The van der Waals surface area contributed by atoms with Crippen molar-refractivity contribution in [1.29, 1.82) is 0 Å². The van der Waals surface area contributed by atoms with Crippen LogP contribution in [0.3, 0.4) is 0 Å². The van der Waals surface area contributed by atoms with Gasteiger partial charge >= 0.3 is 0 Å². The predicted octanol–water partition coefficient (Wildman–Crippen LogP) is 2.69. The monoisotopic (exact) mass is 227 g/mol. The van der Waals surface area contributed by atoms with Gasteiger partial charge in [0, 0.05) is 5.69 Å². The molecule has 1 aliphatic carbocycles. The summed E-state index contributed by atoms with van der Waals surface area (Å²) in [4.78, 5) is 4.25. The molecule has 0 aliphatic heterocycles. The molecular formula is C9H10BrNO. The molecule has 0 saturated heterocycles. The molecular weight excluding hydrogens is 218 g/mol. The number of pyridine rings is 1. The average Bonchev–Trinajstić information content (AvgIpc) is 2.79. The van der Waals surface area contributed by atoms with Gasteiger partial charge in [-0.25, -0.2) is 4.98 Å². The minimum atomic E-state index is 0.436. The van der Waals surface area contributed by atoms with Crippen molar-refractivity contribution in [3.63, 3.8) is 0 Å². The third-order valence-corrected chi connectivity index (χ3v) is 2.34. The molecule has 1 aromatic rings. The zero-order valence-electron chi connectivity index (χ0n) is 6.88. The molecule has 0 aromatic carbocycles. The Bertz CT molecular complexity index is 297. The average molecular weight is 228 g/mol. The van der Waals surface area contributed by atoms with Crippen LogP contribution in [0, 0.1) is 6.92 Å². The maximum atomic E-state index is 5.60. The molecule has 3 heteroatoms. The van der Waals surface area contributed by atoms with Crippen molar-refractivity contribution in [1.82, 2.24) is 4.98 Å². The van der Waals surface area contributed by atoms with Crippen LogP contribution in [-0.2, 0) is 0 Å². The number of hydrogen-bond acceptors (Lipinski definition) is 2. The first-order valence-corrected chi connectivity index (χ1v) is 4.85. The quantitative estimate of drug-likeness (QED) is 0.726. The van der Waals surface area contributed by atoms with Crippen LogP contribution in [0.4, 0.5) is 0 Å². The fourth-order valence-electron chi connectivity index (χ4n) is 0.966. The Labute approximate surface area is 80.1 Å². The predicted molar refractivity (Wildman–Crippen MR) is 50.3 cm³/mol. The molecule has 1 heterocycles. The van der Waals surface area contributed by atoms with Crippen LogP contribution >= 0.6 is 15.9 Å². The number of ether oxygens (including phenoxy) is 1. The van der Waals surface area contributed by atoms with Crippen molar-refractivity contribution in [2.75, 3.05) is 0 Å². The molecule has 0 bridgehead atoms. The van der Waals surface area contributed by atoms with E-state index in [2.05, 4.69) is 20.9 Å². The summed E-state index contributed by atoms with van der Waals surface area (Å²) in [5.74, 6) is 0.864. The van der Waals surface area contributed by atoms with Crippen LogP contribution < -0.4 is 4.74 Å². The lowest BCUT2D eigenvalue weighted by molar-refractivity contribution is 0.299. The Hall–Kier alpha value is -0.570. The van der Waals surface area contributed by atoms with E-state index in [1.54, 1.807) is 0 Å². The Morgan fingerprint density at radius 3 is 2.83 bits per heavy atom. The molecule has 2 rings (SSSR count). The number of hydrogen-bond donors (Lipinski definition) is 0. The van der Waals surface area contributed by atoms with Gasteiger partial charge in [0.15, 0.2) is 5.75 Å². The molecule has 0 radical (unpaired) electrons. The second-order valence-corrected chi connectivity index (χ2v) is 3.81. The molecule has 1 aliphatic rings. The highest BCUT2D eigenvalue weighted by molar-refractivity contribution is 9.10. The van der Waals surface area contributed by atoms with Gasteiger partial charge in [0.1, 0.15) is 4.60 Å². The summed E-state index contributed by atoms with van der Waals surface area (Å²) in [6, 6.07) is 3.92. The third kappa shape index (κ3) is 1.78. The van der Waals surface area contributed by atoms with Crippen LogP contribution in [0.25, 0.3) is 0 Å². The molecule has 1 aromatic heterocycles. The fraction of sp³-hybridized carbons (Fsp3) is 0.444. The molecule has 0 N–H and O–H groups in total. The van der Waals surface area contributed by atoms with E-state index in [1.165, 1.54) is 12.8 Å². The van der Waals surface area contributed by atoms with Gasteiger partial charge in [0.25, 0.3) is 0 Å². The van der Waals surface area contributed by atoms with E-state index in [-0.39, 0.29) is 0 Å². The number of nitrogens with zero attached hydrogens (tertiary/aromatic N) is 1. The lowest BCUT2D eigenvalue weighted by Crippen LogP contribution is -1.97. The maximum Gasteiger partial charge on any atom is 0.152 e. The van der Waals surface area contributed by atoms with E-state index in [0.29, 0.717) is 6.10 Å². The Morgan fingerprint density at radius 2 is 2.25 bits per heavy atom. The highest BCUT2D eigenvalue weighted by atomic mass is 79.9. The maximum absolute atomic E-state index is 5.60. The zero-order valence-corrected chi connectivity index (χ0v) is 8.47. The SMILES string of the molecule is Cc1ccc(OC2CC2)c(Br)n1. The Kier molecular flexibility index (Phi) is 2.05. The molecule has 0 amide bonds. The lowest BCUT2D eigenvalue weighted by atomic mass is 10.4. The van der Waals surface area contributed by atoms with Crippen molar-refractivity contribution in [2.24, 2.45) is 0 Å². The lowest BCUT2D eigenvalue weighted by Gasteiger charge is -2.05. The molecule has 12 heavy (non-hydrogen) atoms. The Balaban J connectivity index is 2.18. The van der Waals surface area contributed by atoms with Gasteiger partial charge in [0.05, 0.1) is 6.10 Å². The summed E-state index contributed by atoms with van der Waals surface area (Å²) < 4.78 is 6.42. The largest absolute Gasteiger partial charge is 0.488 e. The third-order valence-electron chi connectivity index (χ3n) is 1.77. The second kappa shape index (κ2) is 3.05. The van der Waals surface area contributed by atoms with E-state index in [1.807, 2.05) is 19.1 Å². The number of halogens is 1. The van der Waals surface area contributed by atoms with Gasteiger partial charge in [0.2, 0.25) is 0 Å². The summed E-state index contributed by atoms with van der Waals surface area (Å²) in [6.45, 7) is 1.96. The van der Waals surface area contributed by atoms with Crippen molar-refractivity contribution >= 4 is 15.9 Å². The summed E-state index contributed by atoms with van der Waals surface area (Å²) in [6.07, 6.45) is 2.80. The molecule has 0 unspecified atom stereocenters. The number of aryl methyl sites for hydroxylation is 1. The van der Waals surface area contributed by atoms with E-state index >= 15 is 0 Å². The van der Waals surface area contributed by atoms with Crippen LogP contribution in [0.1, 0.15) is 18.5 Å². The van der Waals surface area contributed by atoms with Gasteiger partial charge in [-0.05, 0) is 47.8 Å². The van der Waals surface area contributed by atoms with E-state index in [9.17, 15) is 0 Å². The highest BCUT2D eigenvalue weighted by Crippen LogP contribution is 2.30. The normalized spacial score (nSPS) is 16.2. The number of aromatic nitrogens is 1. The standard InChI is InChI=1S/C9H10BrNO/c1-6-2-5-8(9(10)11-6)12-7-3-4-7/h2,5,7H,3-4H2,1H3. The molecule has 0 spiro atoms. The van der Waals surface area contributed by atoms with Crippen molar-refractivity contribution in [3.8, 4) is 5.75 Å². The van der Waals surface area contributed by atoms with Gasteiger partial charge in [-0.15, -0.1) is 0 Å². The highest BCUT2D eigenvalue weighted by Gasteiger charge is 2.24. The van der Waals surface area contributed by atoms with Gasteiger partial charge < -0.3 is 4.74 Å². The minimum Gasteiger partial charge on any atom is -0.488 e. The first kappa shape index (κ1) is 8.05. The molecule has 1 fully saturated rings. The van der Waals surface area contributed by atoms with Crippen molar-refractivity contribution < 1.29 is 4.74 Å². The van der Waals surface area contributed by atoms with Crippen molar-refractivity contribution in [2.45, 2.75) is 25.9 Å². The first-order chi connectivity index (χ1) is 5.75. The second-order valence-electron chi connectivity index (χ2n) is 3.06. The number of rotatable bonds is 2. The first-order valence-electron chi connectivity index (χ1n) is 4.05. The summed E-state index contributed by atoms with van der Waals surface area (Å²) in [5.41, 5.74) is 1.00. The molecule has 64 valence electrons. The smallest absolute Gasteiger partial charge is 0.152 e. The van der Waals surface area contributed by atoms with E-state index in [0.717, 1.165) is 16.0 Å². The van der Waals surface area contributed by atoms with Gasteiger partial charge in [-0.1, -0.05) is 0 Å². The van der Waals surface area contributed by atoms with E-state index < -0.39 is 0 Å². The van der Waals surface area contributed by atoms with Crippen LogP contribution in [-0.4, -0.2) is 11.1 Å². The van der Waals surface area contributed by atoms with Crippen molar-refractivity contribution in [3.05, 3.63) is 22.4 Å². The van der Waals surface area contributed by atoms with Crippen LogP contribution in [0.5, 0.6) is 5.75 Å². The zero-order chi connectivity index (χ0) is 8.55.